The molecule has 0 atom stereocenters. The van der Waals surface area contributed by atoms with Crippen LogP contribution in [-0.4, -0.2) is 14.8 Å². The van der Waals surface area contributed by atoms with Crippen LogP contribution in [0.15, 0.2) is 65.5 Å². The number of pyridine rings is 1. The summed E-state index contributed by atoms with van der Waals surface area (Å²) in [6.07, 6.45) is 5.38. The molecule has 0 aliphatic heterocycles. The number of nitrogens with zero attached hydrogens (tertiary/aromatic N) is 3. The lowest BCUT2D eigenvalue weighted by Gasteiger charge is -2.08. The second-order valence-corrected chi connectivity index (χ2v) is 5.59. The third-order valence-corrected chi connectivity index (χ3v) is 3.69. The summed E-state index contributed by atoms with van der Waals surface area (Å²) >= 11 is 3.44. The summed E-state index contributed by atoms with van der Waals surface area (Å²) < 4.78 is 3.00. The van der Waals surface area contributed by atoms with Gasteiger partial charge in [0.1, 0.15) is 0 Å². The van der Waals surface area contributed by atoms with Crippen LogP contribution in [0.4, 0.5) is 0 Å². The molecule has 4 nitrogen and oxygen atoms in total. The van der Waals surface area contributed by atoms with Crippen molar-refractivity contribution in [3.05, 3.63) is 76.8 Å². The SMILES string of the molecule is Brc1ccc(CNCc2ccnn2-c2cccnc2)cc1. The van der Waals surface area contributed by atoms with Gasteiger partial charge in [-0.1, -0.05) is 28.1 Å². The molecule has 106 valence electrons. The molecule has 2 aromatic heterocycles. The van der Waals surface area contributed by atoms with Gasteiger partial charge in [0.15, 0.2) is 0 Å². The number of aromatic nitrogens is 3. The van der Waals surface area contributed by atoms with E-state index < -0.39 is 0 Å². The van der Waals surface area contributed by atoms with Crippen LogP contribution in [0.5, 0.6) is 0 Å². The number of rotatable bonds is 5. The molecule has 0 radical (unpaired) electrons. The van der Waals surface area contributed by atoms with Gasteiger partial charge in [-0.05, 0) is 35.9 Å². The number of benzene rings is 1. The van der Waals surface area contributed by atoms with Crippen LogP contribution >= 0.6 is 15.9 Å². The molecule has 0 saturated carbocycles. The van der Waals surface area contributed by atoms with Crippen LogP contribution in [0.1, 0.15) is 11.3 Å². The monoisotopic (exact) mass is 342 g/mol. The Morgan fingerprint density at radius 1 is 1.00 bits per heavy atom. The van der Waals surface area contributed by atoms with Crippen molar-refractivity contribution in [1.29, 1.82) is 0 Å². The summed E-state index contributed by atoms with van der Waals surface area (Å²) in [5, 5.41) is 7.79. The Hall–Kier alpha value is -1.98. The minimum absolute atomic E-state index is 0.755. The largest absolute Gasteiger partial charge is 0.307 e. The van der Waals surface area contributed by atoms with Gasteiger partial charge in [0.2, 0.25) is 0 Å². The molecule has 1 N–H and O–H groups in total. The van der Waals surface area contributed by atoms with E-state index in [2.05, 4.69) is 55.6 Å². The first-order valence-electron chi connectivity index (χ1n) is 6.71. The molecule has 0 fully saturated rings. The zero-order valence-electron chi connectivity index (χ0n) is 11.4. The Kier molecular flexibility index (Phi) is 4.43. The average Bonchev–Trinajstić information content (AvgIpc) is 2.99. The van der Waals surface area contributed by atoms with Crippen LogP contribution in [-0.2, 0) is 13.1 Å². The van der Waals surface area contributed by atoms with Crippen molar-refractivity contribution in [1.82, 2.24) is 20.1 Å². The summed E-state index contributed by atoms with van der Waals surface area (Å²) in [6.45, 7) is 1.58. The summed E-state index contributed by atoms with van der Waals surface area (Å²) in [4.78, 5) is 4.13. The average molecular weight is 343 g/mol. The number of nitrogens with one attached hydrogen (secondary N) is 1. The lowest BCUT2D eigenvalue weighted by Crippen LogP contribution is -2.15. The predicted octanol–water partition coefficient (Wildman–Crippen LogP) is 3.32. The van der Waals surface area contributed by atoms with Gasteiger partial charge in [-0.3, -0.25) is 4.98 Å². The Labute approximate surface area is 132 Å². The molecule has 0 amide bonds. The van der Waals surface area contributed by atoms with E-state index in [0.29, 0.717) is 0 Å². The van der Waals surface area contributed by atoms with Crippen molar-refractivity contribution in [2.75, 3.05) is 0 Å². The summed E-state index contributed by atoms with van der Waals surface area (Å²) in [6, 6.07) is 14.2. The number of hydrogen-bond acceptors (Lipinski definition) is 3. The van der Waals surface area contributed by atoms with Crippen molar-refractivity contribution < 1.29 is 0 Å². The topological polar surface area (TPSA) is 42.7 Å². The van der Waals surface area contributed by atoms with E-state index in [-0.39, 0.29) is 0 Å². The third-order valence-electron chi connectivity index (χ3n) is 3.16. The van der Waals surface area contributed by atoms with E-state index in [1.807, 2.05) is 35.3 Å². The zero-order valence-corrected chi connectivity index (χ0v) is 13.0. The Morgan fingerprint density at radius 2 is 1.86 bits per heavy atom. The highest BCUT2D eigenvalue weighted by atomic mass is 79.9. The Morgan fingerprint density at radius 3 is 2.62 bits per heavy atom. The van der Waals surface area contributed by atoms with Gasteiger partial charge in [-0.2, -0.15) is 5.10 Å². The number of hydrogen-bond donors (Lipinski definition) is 1. The maximum Gasteiger partial charge on any atom is 0.0832 e. The highest BCUT2D eigenvalue weighted by Crippen LogP contribution is 2.11. The van der Waals surface area contributed by atoms with Crippen LogP contribution in [0, 0.1) is 0 Å². The fourth-order valence-corrected chi connectivity index (χ4v) is 2.38. The van der Waals surface area contributed by atoms with E-state index in [4.69, 9.17) is 0 Å². The molecule has 0 bridgehead atoms. The molecule has 0 aliphatic carbocycles. The quantitative estimate of drug-likeness (QED) is 0.773. The summed E-state index contributed by atoms with van der Waals surface area (Å²) in [5.41, 5.74) is 3.34. The van der Waals surface area contributed by atoms with Gasteiger partial charge >= 0.3 is 0 Å². The van der Waals surface area contributed by atoms with Gasteiger partial charge < -0.3 is 5.32 Å². The molecule has 0 saturated heterocycles. The van der Waals surface area contributed by atoms with Crippen molar-refractivity contribution in [3.63, 3.8) is 0 Å². The first kappa shape index (κ1) is 14.0. The minimum Gasteiger partial charge on any atom is -0.307 e. The molecule has 1 aromatic carbocycles. The van der Waals surface area contributed by atoms with E-state index >= 15 is 0 Å². The molecule has 0 unspecified atom stereocenters. The van der Waals surface area contributed by atoms with Crippen LogP contribution in [0.25, 0.3) is 5.69 Å². The molecule has 2 heterocycles. The lowest BCUT2D eigenvalue weighted by molar-refractivity contribution is 0.654. The van der Waals surface area contributed by atoms with Gasteiger partial charge in [-0.25, -0.2) is 4.68 Å². The second kappa shape index (κ2) is 6.65. The van der Waals surface area contributed by atoms with Crippen LogP contribution < -0.4 is 5.32 Å². The number of halogens is 1. The first-order valence-corrected chi connectivity index (χ1v) is 7.51. The molecule has 21 heavy (non-hydrogen) atoms. The van der Waals surface area contributed by atoms with E-state index in [0.717, 1.165) is 28.9 Å². The molecule has 3 rings (SSSR count). The Balaban J connectivity index is 1.64. The normalized spacial score (nSPS) is 10.7. The highest BCUT2D eigenvalue weighted by molar-refractivity contribution is 9.10. The second-order valence-electron chi connectivity index (χ2n) is 4.68. The summed E-state index contributed by atoms with van der Waals surface area (Å²) in [5.74, 6) is 0. The van der Waals surface area contributed by atoms with Crippen molar-refractivity contribution in [2.45, 2.75) is 13.1 Å². The van der Waals surface area contributed by atoms with Crippen LogP contribution in [0.2, 0.25) is 0 Å². The molecule has 0 aliphatic rings. The van der Waals surface area contributed by atoms with E-state index in [1.165, 1.54) is 5.56 Å². The van der Waals surface area contributed by atoms with Gasteiger partial charge in [0, 0.05) is 30.0 Å². The van der Waals surface area contributed by atoms with Crippen molar-refractivity contribution in [3.8, 4) is 5.69 Å². The molecule has 0 spiro atoms. The molecular weight excluding hydrogens is 328 g/mol. The zero-order chi connectivity index (χ0) is 14.5. The van der Waals surface area contributed by atoms with Crippen LogP contribution in [0.3, 0.4) is 0 Å². The molecule has 3 aromatic rings. The van der Waals surface area contributed by atoms with Crippen molar-refractivity contribution >= 4 is 15.9 Å². The standard InChI is InChI=1S/C16H15BrN4/c17-14-5-3-13(4-6-14)10-19-12-16-7-9-20-21(16)15-2-1-8-18-11-15/h1-9,11,19H,10,12H2. The fraction of sp³-hybridized carbons (Fsp3) is 0.125. The lowest BCUT2D eigenvalue weighted by atomic mass is 10.2. The molecule has 5 heteroatoms. The summed E-state index contributed by atoms with van der Waals surface area (Å²) in [7, 11) is 0. The van der Waals surface area contributed by atoms with E-state index in [1.54, 1.807) is 6.20 Å². The van der Waals surface area contributed by atoms with Crippen molar-refractivity contribution in [2.24, 2.45) is 0 Å². The maximum absolute atomic E-state index is 4.35. The Bertz CT molecular complexity index is 692. The van der Waals surface area contributed by atoms with Gasteiger partial charge in [-0.15, -0.1) is 0 Å². The smallest absolute Gasteiger partial charge is 0.0832 e. The highest BCUT2D eigenvalue weighted by Gasteiger charge is 2.04. The van der Waals surface area contributed by atoms with Gasteiger partial charge in [0.25, 0.3) is 0 Å². The van der Waals surface area contributed by atoms with Gasteiger partial charge in [0.05, 0.1) is 17.6 Å². The maximum atomic E-state index is 4.35. The van der Waals surface area contributed by atoms with E-state index in [9.17, 15) is 0 Å². The predicted molar refractivity (Wildman–Crippen MR) is 86.0 cm³/mol. The fourth-order valence-electron chi connectivity index (χ4n) is 2.11. The minimum atomic E-state index is 0.755. The third kappa shape index (κ3) is 3.56. The molecular formula is C16H15BrN4. The first-order chi connectivity index (χ1) is 10.3.